The highest BCUT2D eigenvalue weighted by Crippen LogP contribution is 2.43. The first-order valence-corrected chi connectivity index (χ1v) is 20.0. The minimum Gasteiger partial charge on any atom is -0.457 e. The van der Waals surface area contributed by atoms with E-state index in [1.54, 1.807) is 0 Å². The molecule has 3 atom stereocenters. The van der Waals surface area contributed by atoms with Crippen molar-refractivity contribution in [1.29, 1.82) is 0 Å². The largest absolute Gasteiger partial charge is 0.472 e. The summed E-state index contributed by atoms with van der Waals surface area (Å²) >= 11 is 0. The molecule has 10 nitrogen and oxygen atoms in total. The third-order valence-electron chi connectivity index (χ3n) is 8.07. The lowest BCUT2D eigenvalue weighted by Crippen LogP contribution is -2.28. The fourth-order valence-electron chi connectivity index (χ4n) is 5.17. The van der Waals surface area contributed by atoms with Crippen molar-refractivity contribution in [2.45, 2.75) is 187 Å². The molecular weight excluding hydrogens is 611 g/mol. The van der Waals surface area contributed by atoms with Crippen LogP contribution in [0.25, 0.3) is 0 Å². The maximum atomic E-state index is 12.2. The van der Waals surface area contributed by atoms with Gasteiger partial charge in [-0.25, -0.2) is 4.57 Å². The van der Waals surface area contributed by atoms with Crippen molar-refractivity contribution in [2.75, 3.05) is 26.4 Å². The molecule has 0 fully saturated rings. The Kier molecular flexibility index (Phi) is 31.8. The van der Waals surface area contributed by atoms with Crippen LogP contribution in [-0.2, 0) is 32.7 Å². The monoisotopic (exact) mass is 680 g/mol. The summed E-state index contributed by atoms with van der Waals surface area (Å²) in [6, 6.07) is 0. The molecule has 0 aromatic heterocycles. The van der Waals surface area contributed by atoms with Gasteiger partial charge in [-0.1, -0.05) is 149 Å². The van der Waals surface area contributed by atoms with Crippen LogP contribution < -0.4 is 0 Å². The van der Waals surface area contributed by atoms with Gasteiger partial charge in [-0.05, 0) is 12.8 Å². The zero-order chi connectivity index (χ0) is 34.1. The molecule has 0 aliphatic heterocycles. The lowest BCUT2D eigenvalue weighted by Gasteiger charge is -2.20. The number of aliphatic hydroxyl groups is 2. The maximum Gasteiger partial charge on any atom is 0.472 e. The molecule has 46 heavy (non-hydrogen) atoms. The molecule has 3 unspecified atom stereocenters. The number of unbranched alkanes of at least 4 members (excludes halogenated alkanes) is 21. The lowest BCUT2D eigenvalue weighted by atomic mass is 10.0. The zero-order valence-electron chi connectivity index (χ0n) is 29.3. The highest BCUT2D eigenvalue weighted by Gasteiger charge is 2.27. The van der Waals surface area contributed by atoms with E-state index in [2.05, 4.69) is 13.8 Å². The molecule has 274 valence electrons. The predicted molar refractivity (Wildman–Crippen MR) is 182 cm³/mol. The third-order valence-corrected chi connectivity index (χ3v) is 9.02. The second kappa shape index (κ2) is 32.5. The van der Waals surface area contributed by atoms with Gasteiger partial charge >= 0.3 is 19.8 Å². The molecule has 3 N–H and O–H groups in total. The lowest BCUT2D eigenvalue weighted by molar-refractivity contribution is -0.153. The van der Waals surface area contributed by atoms with Gasteiger partial charge in [0.05, 0.1) is 26.4 Å². The number of aliphatic hydroxyl groups excluding tert-OH is 2. The normalized spacial score (nSPS) is 14.1. The first-order chi connectivity index (χ1) is 22.3. The van der Waals surface area contributed by atoms with Crippen molar-refractivity contribution >= 4 is 19.8 Å². The summed E-state index contributed by atoms with van der Waals surface area (Å²) in [5.74, 6) is -1.02. The number of rotatable bonds is 35. The Morgan fingerprint density at radius 3 is 1.02 bits per heavy atom. The van der Waals surface area contributed by atoms with E-state index in [9.17, 15) is 29.3 Å². The van der Waals surface area contributed by atoms with E-state index in [0.29, 0.717) is 12.8 Å². The summed E-state index contributed by atoms with van der Waals surface area (Å²) < 4.78 is 32.3. The van der Waals surface area contributed by atoms with E-state index in [1.165, 1.54) is 96.3 Å². The summed E-state index contributed by atoms with van der Waals surface area (Å²) in [6.07, 6.45) is 25.3. The van der Waals surface area contributed by atoms with Crippen LogP contribution >= 0.6 is 7.82 Å². The Bertz CT molecular complexity index is 751. The quantitative estimate of drug-likeness (QED) is 0.0337. The number of carbonyl (C=O) groups is 2. The van der Waals surface area contributed by atoms with Crippen molar-refractivity contribution < 1.29 is 47.8 Å². The zero-order valence-corrected chi connectivity index (χ0v) is 30.2. The topological polar surface area (TPSA) is 149 Å². The van der Waals surface area contributed by atoms with Crippen LogP contribution in [-0.4, -0.2) is 65.7 Å². The van der Waals surface area contributed by atoms with E-state index in [1.807, 2.05) is 0 Å². The smallest absolute Gasteiger partial charge is 0.457 e. The van der Waals surface area contributed by atoms with Crippen LogP contribution in [0.1, 0.15) is 174 Å². The van der Waals surface area contributed by atoms with Gasteiger partial charge in [-0.15, -0.1) is 0 Å². The summed E-state index contributed by atoms with van der Waals surface area (Å²) in [4.78, 5) is 34.2. The number of esters is 2. The molecule has 0 saturated heterocycles. The van der Waals surface area contributed by atoms with Crippen LogP contribution in [0.4, 0.5) is 0 Å². The predicted octanol–water partition coefficient (Wildman–Crippen LogP) is 8.72. The highest BCUT2D eigenvalue weighted by atomic mass is 31.2. The molecule has 0 bridgehead atoms. The summed E-state index contributed by atoms with van der Waals surface area (Å²) in [5, 5.41) is 19.0. The molecule has 11 heteroatoms. The SMILES string of the molecule is CCCCCCCCCCCCCCCCCCC(=O)OC(CO)COP(=O)(O)OCC(CO)OC(=O)CCCCCCCCC. The number of phosphoric ester groups is 1. The molecule has 0 aliphatic carbocycles. The molecule has 0 aliphatic rings. The van der Waals surface area contributed by atoms with Crippen molar-refractivity contribution in [3.63, 3.8) is 0 Å². The van der Waals surface area contributed by atoms with Crippen molar-refractivity contribution in [3.8, 4) is 0 Å². The Morgan fingerprint density at radius 2 is 0.761 bits per heavy atom. The summed E-state index contributed by atoms with van der Waals surface area (Å²) in [7, 11) is -4.61. The highest BCUT2D eigenvalue weighted by molar-refractivity contribution is 7.47. The molecule has 0 amide bonds. The Labute approximate surface area is 280 Å². The van der Waals surface area contributed by atoms with Crippen LogP contribution in [0.5, 0.6) is 0 Å². The molecule has 0 radical (unpaired) electrons. The van der Waals surface area contributed by atoms with Gasteiger partial charge in [0, 0.05) is 12.8 Å². The molecule has 0 aromatic carbocycles. The van der Waals surface area contributed by atoms with Gasteiger partial charge < -0.3 is 24.6 Å². The molecule has 0 spiro atoms. The molecule has 0 saturated carbocycles. The van der Waals surface area contributed by atoms with Gasteiger partial charge in [0.1, 0.15) is 12.2 Å². The maximum absolute atomic E-state index is 12.2. The average molecular weight is 681 g/mol. The number of carbonyl (C=O) groups excluding carboxylic acids is 2. The molecule has 0 rings (SSSR count). The molecule has 0 aromatic rings. The Hall–Kier alpha value is -1.03. The van der Waals surface area contributed by atoms with Crippen LogP contribution in [0.2, 0.25) is 0 Å². The van der Waals surface area contributed by atoms with E-state index >= 15 is 0 Å². The van der Waals surface area contributed by atoms with Gasteiger partial charge in [0.25, 0.3) is 0 Å². The van der Waals surface area contributed by atoms with E-state index in [0.717, 1.165) is 38.5 Å². The van der Waals surface area contributed by atoms with Crippen molar-refractivity contribution in [3.05, 3.63) is 0 Å². The van der Waals surface area contributed by atoms with Gasteiger partial charge in [0.15, 0.2) is 0 Å². The van der Waals surface area contributed by atoms with Crippen LogP contribution in [0, 0.1) is 0 Å². The third kappa shape index (κ3) is 30.3. The Morgan fingerprint density at radius 1 is 0.500 bits per heavy atom. The minimum absolute atomic E-state index is 0.195. The van der Waals surface area contributed by atoms with Crippen LogP contribution in [0.3, 0.4) is 0 Å². The summed E-state index contributed by atoms with van der Waals surface area (Å²) in [6.45, 7) is 2.15. The molecular formula is C35H69O10P. The van der Waals surface area contributed by atoms with E-state index in [4.69, 9.17) is 18.5 Å². The Balaban J connectivity index is 3.92. The van der Waals surface area contributed by atoms with E-state index in [-0.39, 0.29) is 12.8 Å². The number of ether oxygens (including phenoxy) is 2. The second-order valence-electron chi connectivity index (χ2n) is 12.6. The number of hydrogen-bond donors (Lipinski definition) is 3. The summed E-state index contributed by atoms with van der Waals surface area (Å²) in [5.41, 5.74) is 0. The standard InChI is InChI=1S/C35H69O10P/c1-3-5-7-9-11-12-13-14-15-16-17-18-19-21-23-25-27-35(39)45-33(29-37)31-43-46(40,41)42-30-32(28-36)44-34(38)26-24-22-20-10-8-6-4-2/h32-33,36-37H,3-31H2,1-2H3,(H,40,41). The van der Waals surface area contributed by atoms with Gasteiger partial charge in [0.2, 0.25) is 0 Å². The van der Waals surface area contributed by atoms with Gasteiger partial charge in [-0.3, -0.25) is 18.6 Å². The van der Waals surface area contributed by atoms with Gasteiger partial charge in [-0.2, -0.15) is 0 Å². The number of hydrogen-bond acceptors (Lipinski definition) is 9. The fourth-order valence-corrected chi connectivity index (χ4v) is 5.96. The minimum atomic E-state index is -4.61. The fraction of sp³-hybridized carbons (Fsp3) is 0.943. The first-order valence-electron chi connectivity index (χ1n) is 18.5. The van der Waals surface area contributed by atoms with Crippen molar-refractivity contribution in [1.82, 2.24) is 0 Å². The second-order valence-corrected chi connectivity index (χ2v) is 14.0. The number of phosphoric acid groups is 1. The van der Waals surface area contributed by atoms with Crippen LogP contribution in [0.15, 0.2) is 0 Å². The van der Waals surface area contributed by atoms with Crippen molar-refractivity contribution in [2.24, 2.45) is 0 Å². The first kappa shape index (κ1) is 45.0. The van der Waals surface area contributed by atoms with E-state index < -0.39 is 58.4 Å². The molecule has 0 heterocycles. The average Bonchev–Trinajstić information content (AvgIpc) is 3.04.